The Hall–Kier alpha value is -2.78. The average molecular weight is 503 g/mol. The molecule has 1 amide bonds. The molecule has 0 aliphatic carbocycles. The number of amides is 1. The van der Waals surface area contributed by atoms with E-state index in [0.29, 0.717) is 31.6 Å². The van der Waals surface area contributed by atoms with Gasteiger partial charge in [-0.15, -0.1) is 0 Å². The van der Waals surface area contributed by atoms with E-state index >= 15 is 0 Å². The number of nitrogens with zero attached hydrogens (tertiary/aromatic N) is 3. The van der Waals surface area contributed by atoms with Crippen LogP contribution in [0.1, 0.15) is 17.5 Å². The molecule has 5 rings (SSSR count). The minimum atomic E-state index is -4.41. The van der Waals surface area contributed by atoms with Crippen molar-refractivity contribution in [2.24, 2.45) is 5.92 Å². The van der Waals surface area contributed by atoms with E-state index in [4.69, 9.17) is 4.74 Å². The molecule has 3 heterocycles. The average Bonchev–Trinajstić information content (AvgIpc) is 2.90. The molecule has 3 aliphatic heterocycles. The van der Waals surface area contributed by atoms with E-state index in [1.807, 2.05) is 18.2 Å². The van der Waals surface area contributed by atoms with Gasteiger partial charge in [0.1, 0.15) is 0 Å². The van der Waals surface area contributed by atoms with Gasteiger partial charge in [-0.3, -0.25) is 9.69 Å². The van der Waals surface area contributed by atoms with E-state index in [-0.39, 0.29) is 11.9 Å². The Balaban J connectivity index is 1.32. The lowest BCUT2D eigenvalue weighted by atomic mass is 9.82. The lowest BCUT2D eigenvalue weighted by Gasteiger charge is -2.49. The number of alkyl halides is 3. The third-order valence-corrected chi connectivity index (χ3v) is 7.55. The van der Waals surface area contributed by atoms with Gasteiger partial charge in [-0.05, 0) is 55.3 Å². The summed E-state index contributed by atoms with van der Waals surface area (Å²) in [6, 6.07) is 13.9. The van der Waals surface area contributed by atoms with Crippen LogP contribution in [0.4, 0.5) is 24.5 Å². The number of halogens is 3. The molecule has 194 valence electrons. The van der Waals surface area contributed by atoms with E-state index in [9.17, 15) is 18.0 Å². The quantitative estimate of drug-likeness (QED) is 0.614. The Bertz CT molecular complexity index is 1040. The van der Waals surface area contributed by atoms with Crippen LogP contribution in [0.15, 0.2) is 48.5 Å². The van der Waals surface area contributed by atoms with Crippen molar-refractivity contribution in [1.82, 2.24) is 10.2 Å². The van der Waals surface area contributed by atoms with Gasteiger partial charge >= 0.3 is 6.18 Å². The van der Waals surface area contributed by atoms with Crippen molar-refractivity contribution in [3.63, 3.8) is 0 Å². The van der Waals surface area contributed by atoms with Crippen LogP contribution in [-0.2, 0) is 22.1 Å². The number of nitrogens with one attached hydrogen (secondary N) is 1. The molecule has 2 atom stereocenters. The van der Waals surface area contributed by atoms with Gasteiger partial charge in [0.2, 0.25) is 5.91 Å². The van der Waals surface area contributed by atoms with Gasteiger partial charge in [0.25, 0.3) is 0 Å². The highest BCUT2D eigenvalue weighted by Crippen LogP contribution is 2.40. The number of morpholine rings is 1. The summed E-state index contributed by atoms with van der Waals surface area (Å²) in [6.45, 7) is 6.78. The SMILES string of the molecule is O=C(NCCCN1CCOCC1)[C@@H]1Cc2cc(C(F)(F)F)ccc2N2CCN(c3ccccc3)C[C@H]12. The third-order valence-electron chi connectivity index (χ3n) is 7.55. The van der Waals surface area contributed by atoms with Crippen LogP contribution in [0.2, 0.25) is 0 Å². The first-order valence-electron chi connectivity index (χ1n) is 12.7. The zero-order chi connectivity index (χ0) is 25.1. The molecule has 6 nitrogen and oxygen atoms in total. The maximum atomic E-state index is 13.4. The normalized spacial score (nSPS) is 22.6. The number of hydrogen-bond acceptors (Lipinski definition) is 5. The van der Waals surface area contributed by atoms with Gasteiger partial charge in [-0.1, -0.05) is 18.2 Å². The largest absolute Gasteiger partial charge is 0.416 e. The second-order valence-electron chi connectivity index (χ2n) is 9.79. The maximum absolute atomic E-state index is 13.4. The zero-order valence-electron chi connectivity index (χ0n) is 20.3. The zero-order valence-corrected chi connectivity index (χ0v) is 20.3. The fourth-order valence-electron chi connectivity index (χ4n) is 5.64. The van der Waals surface area contributed by atoms with Gasteiger partial charge in [-0.2, -0.15) is 13.2 Å². The number of benzene rings is 2. The molecule has 0 aromatic heterocycles. The van der Waals surface area contributed by atoms with Crippen molar-refractivity contribution in [2.45, 2.75) is 25.1 Å². The second-order valence-corrected chi connectivity index (χ2v) is 9.79. The lowest BCUT2D eigenvalue weighted by Crippen LogP contribution is -2.61. The molecule has 2 aromatic carbocycles. The lowest BCUT2D eigenvalue weighted by molar-refractivity contribution is -0.137. The molecule has 36 heavy (non-hydrogen) atoms. The first-order chi connectivity index (χ1) is 17.4. The molecule has 2 aromatic rings. The smallest absolute Gasteiger partial charge is 0.379 e. The molecular weight excluding hydrogens is 469 g/mol. The van der Waals surface area contributed by atoms with Crippen molar-refractivity contribution in [1.29, 1.82) is 0 Å². The number of hydrogen-bond donors (Lipinski definition) is 1. The minimum Gasteiger partial charge on any atom is -0.379 e. The summed E-state index contributed by atoms with van der Waals surface area (Å²) < 4.78 is 45.7. The molecule has 1 N–H and O–H groups in total. The minimum absolute atomic E-state index is 0.0787. The number of carbonyl (C=O) groups excluding carboxylic acids is 1. The summed E-state index contributed by atoms with van der Waals surface area (Å²) in [5.41, 5.74) is 1.85. The number of piperazine rings is 1. The van der Waals surface area contributed by atoms with Crippen LogP contribution in [0.3, 0.4) is 0 Å². The summed E-state index contributed by atoms with van der Waals surface area (Å²) in [4.78, 5) is 20.2. The monoisotopic (exact) mass is 502 g/mol. The summed E-state index contributed by atoms with van der Waals surface area (Å²) in [6.07, 6.45) is -3.27. The molecule has 0 spiro atoms. The fourth-order valence-corrected chi connectivity index (χ4v) is 5.64. The van der Waals surface area contributed by atoms with Crippen molar-refractivity contribution >= 4 is 17.3 Å². The Morgan fingerprint density at radius 2 is 1.81 bits per heavy atom. The number of fused-ring (bicyclic) bond motifs is 3. The van der Waals surface area contributed by atoms with Crippen LogP contribution < -0.4 is 15.1 Å². The van der Waals surface area contributed by atoms with Crippen LogP contribution in [0.5, 0.6) is 0 Å². The molecule has 0 saturated carbocycles. The highest BCUT2D eigenvalue weighted by atomic mass is 19.4. The molecule has 3 aliphatic rings. The number of rotatable bonds is 6. The van der Waals surface area contributed by atoms with Crippen LogP contribution in [0.25, 0.3) is 0 Å². The van der Waals surface area contributed by atoms with E-state index < -0.39 is 17.7 Å². The van der Waals surface area contributed by atoms with Crippen molar-refractivity contribution in [3.05, 3.63) is 59.7 Å². The molecular formula is C27H33F3N4O2. The van der Waals surface area contributed by atoms with Gasteiger partial charge in [0.15, 0.2) is 0 Å². The van der Waals surface area contributed by atoms with Crippen molar-refractivity contribution < 1.29 is 22.7 Å². The first-order valence-corrected chi connectivity index (χ1v) is 12.7. The van der Waals surface area contributed by atoms with E-state index in [1.165, 1.54) is 6.07 Å². The Labute approximate surface area is 210 Å². The Kier molecular flexibility index (Phi) is 7.39. The summed E-state index contributed by atoms with van der Waals surface area (Å²) >= 11 is 0. The van der Waals surface area contributed by atoms with Crippen molar-refractivity contribution in [2.75, 3.05) is 68.8 Å². The highest BCUT2D eigenvalue weighted by molar-refractivity contribution is 5.82. The van der Waals surface area contributed by atoms with E-state index in [0.717, 1.165) is 63.3 Å². The molecule has 0 bridgehead atoms. The van der Waals surface area contributed by atoms with Gasteiger partial charge in [0, 0.05) is 50.6 Å². The number of anilines is 2. The Morgan fingerprint density at radius 1 is 1.03 bits per heavy atom. The van der Waals surface area contributed by atoms with E-state index in [2.05, 4.69) is 32.1 Å². The van der Waals surface area contributed by atoms with Crippen LogP contribution in [-0.4, -0.2) is 75.9 Å². The topological polar surface area (TPSA) is 48.1 Å². The Morgan fingerprint density at radius 3 is 2.56 bits per heavy atom. The molecule has 2 saturated heterocycles. The number of para-hydroxylation sites is 1. The van der Waals surface area contributed by atoms with Gasteiger partial charge in [-0.25, -0.2) is 0 Å². The molecule has 0 unspecified atom stereocenters. The maximum Gasteiger partial charge on any atom is 0.416 e. The summed E-state index contributed by atoms with van der Waals surface area (Å²) in [5.74, 6) is -0.499. The highest BCUT2D eigenvalue weighted by Gasteiger charge is 2.42. The van der Waals surface area contributed by atoms with Crippen LogP contribution >= 0.6 is 0 Å². The predicted octanol–water partition coefficient (Wildman–Crippen LogP) is 3.41. The van der Waals surface area contributed by atoms with Gasteiger partial charge in [0.05, 0.1) is 30.7 Å². The number of carbonyl (C=O) groups is 1. The molecule has 0 radical (unpaired) electrons. The number of ether oxygens (including phenoxy) is 1. The summed E-state index contributed by atoms with van der Waals surface area (Å²) in [5, 5.41) is 3.09. The standard InChI is InChI=1S/C27H33F3N4O2/c28-27(29,30)21-7-8-24-20(17-21)18-23(26(35)31-9-4-10-32-13-15-36-16-14-32)25-19-33(11-12-34(24)25)22-5-2-1-3-6-22/h1-3,5-8,17,23,25H,4,9-16,18-19H2,(H,31,35)/t23-,25-/m1/s1. The predicted molar refractivity (Wildman–Crippen MR) is 133 cm³/mol. The first kappa shape index (κ1) is 24.9. The van der Waals surface area contributed by atoms with Crippen LogP contribution in [0, 0.1) is 5.92 Å². The van der Waals surface area contributed by atoms with E-state index in [1.54, 1.807) is 6.07 Å². The van der Waals surface area contributed by atoms with Crippen molar-refractivity contribution in [3.8, 4) is 0 Å². The third kappa shape index (κ3) is 5.47. The molecule has 9 heteroatoms. The molecule has 2 fully saturated rings. The fraction of sp³-hybridized carbons (Fsp3) is 0.519. The second kappa shape index (κ2) is 10.7. The summed E-state index contributed by atoms with van der Waals surface area (Å²) in [7, 11) is 0. The van der Waals surface area contributed by atoms with Gasteiger partial charge < -0.3 is 19.9 Å².